The van der Waals surface area contributed by atoms with Gasteiger partial charge in [-0.3, -0.25) is 29.3 Å². The topological polar surface area (TPSA) is 127 Å². The van der Waals surface area contributed by atoms with Crippen molar-refractivity contribution in [2.24, 2.45) is 5.92 Å². The summed E-state index contributed by atoms with van der Waals surface area (Å²) in [5.41, 5.74) is 0.253. The highest BCUT2D eigenvalue weighted by Crippen LogP contribution is 2.35. The van der Waals surface area contributed by atoms with Crippen LogP contribution in [0.25, 0.3) is 0 Å². The Balaban J connectivity index is 1.32. The SMILES string of the molecule is C[C@@H](c1ccccc1)N1C[C@H](C(=O)Oc2cccc(N3C(=O)c4cccc([N+](=O)[O-])c4C3=O)c2)CC1=O. The molecule has 0 saturated carbocycles. The van der Waals surface area contributed by atoms with Crippen LogP contribution in [0.3, 0.4) is 0 Å². The van der Waals surface area contributed by atoms with E-state index in [1.54, 1.807) is 4.90 Å². The fourth-order valence-electron chi connectivity index (χ4n) is 4.72. The minimum absolute atomic E-state index is 0.0117. The van der Waals surface area contributed by atoms with E-state index >= 15 is 0 Å². The number of hydrogen-bond donors (Lipinski definition) is 0. The van der Waals surface area contributed by atoms with Crippen LogP contribution in [0.2, 0.25) is 0 Å². The number of likely N-dealkylation sites (tertiary alicyclic amines) is 1. The number of esters is 1. The molecule has 1 saturated heterocycles. The van der Waals surface area contributed by atoms with Crippen LogP contribution in [0.1, 0.15) is 45.7 Å². The van der Waals surface area contributed by atoms with E-state index in [0.717, 1.165) is 16.5 Å². The molecule has 3 aromatic carbocycles. The normalized spacial score (nSPS) is 17.6. The Kier molecular flexibility index (Phi) is 6.00. The molecular weight excluding hydrogens is 478 g/mol. The highest BCUT2D eigenvalue weighted by atomic mass is 16.6. The molecule has 2 aliphatic heterocycles. The second kappa shape index (κ2) is 9.30. The third-order valence-electron chi connectivity index (χ3n) is 6.63. The molecule has 0 N–H and O–H groups in total. The van der Waals surface area contributed by atoms with Crippen molar-refractivity contribution in [2.75, 3.05) is 11.4 Å². The number of amides is 3. The summed E-state index contributed by atoms with van der Waals surface area (Å²) in [7, 11) is 0. The first-order valence-corrected chi connectivity index (χ1v) is 11.6. The van der Waals surface area contributed by atoms with Crippen molar-refractivity contribution in [3.8, 4) is 5.75 Å². The minimum Gasteiger partial charge on any atom is -0.426 e. The van der Waals surface area contributed by atoms with Gasteiger partial charge in [-0.25, -0.2) is 4.90 Å². The molecule has 2 atom stereocenters. The van der Waals surface area contributed by atoms with E-state index in [1.807, 2.05) is 37.3 Å². The fourth-order valence-corrected chi connectivity index (χ4v) is 4.72. The van der Waals surface area contributed by atoms with Gasteiger partial charge in [0.25, 0.3) is 17.5 Å². The predicted octanol–water partition coefficient (Wildman–Crippen LogP) is 3.91. The van der Waals surface area contributed by atoms with Crippen LogP contribution in [0.15, 0.2) is 72.8 Å². The standard InChI is InChI=1S/C27H21N3O7/c1-16(17-7-3-2-4-8-17)28-15-18(13-23(28)31)27(34)37-20-10-5-9-19(14-20)29-25(32)21-11-6-12-22(30(35)36)24(21)26(29)33/h2-12,14,16,18H,13,15H2,1H3/t16-,18+/m0/s1. The number of carbonyl (C=O) groups is 4. The maximum Gasteiger partial charge on any atom is 0.316 e. The maximum atomic E-state index is 13.0. The van der Waals surface area contributed by atoms with Gasteiger partial charge >= 0.3 is 5.97 Å². The summed E-state index contributed by atoms with van der Waals surface area (Å²) in [6, 6.07) is 19.0. The fraction of sp³-hybridized carbons (Fsp3) is 0.185. The number of nitro benzene ring substituents is 1. The molecule has 1 fully saturated rings. The zero-order chi connectivity index (χ0) is 26.3. The summed E-state index contributed by atoms with van der Waals surface area (Å²) in [4.78, 5) is 64.5. The van der Waals surface area contributed by atoms with Gasteiger partial charge in [-0.15, -0.1) is 0 Å². The summed E-state index contributed by atoms with van der Waals surface area (Å²) in [6.45, 7) is 2.10. The highest BCUT2D eigenvalue weighted by molar-refractivity contribution is 6.35. The molecular formula is C27H21N3O7. The Morgan fingerprint density at radius 1 is 1.00 bits per heavy atom. The minimum atomic E-state index is -0.831. The molecule has 2 heterocycles. The monoisotopic (exact) mass is 499 g/mol. The smallest absolute Gasteiger partial charge is 0.316 e. The van der Waals surface area contributed by atoms with Gasteiger partial charge in [0, 0.05) is 25.1 Å². The maximum absolute atomic E-state index is 13.0. The summed E-state index contributed by atoms with van der Waals surface area (Å²) < 4.78 is 5.51. The number of carbonyl (C=O) groups excluding carboxylic acids is 4. The van der Waals surface area contributed by atoms with Crippen LogP contribution in [-0.4, -0.2) is 40.1 Å². The van der Waals surface area contributed by atoms with E-state index in [1.165, 1.54) is 36.4 Å². The lowest BCUT2D eigenvalue weighted by Crippen LogP contribution is -2.30. The first-order valence-electron chi connectivity index (χ1n) is 11.6. The summed E-state index contributed by atoms with van der Waals surface area (Å²) in [6.07, 6.45) is 0.0117. The number of ether oxygens (including phenoxy) is 1. The van der Waals surface area contributed by atoms with Crippen LogP contribution < -0.4 is 9.64 Å². The van der Waals surface area contributed by atoms with Gasteiger partial charge in [0.05, 0.1) is 28.1 Å². The number of imide groups is 1. The molecule has 0 bridgehead atoms. The number of nitro groups is 1. The van der Waals surface area contributed by atoms with Crippen LogP contribution in [0.5, 0.6) is 5.75 Å². The molecule has 0 unspecified atom stereocenters. The highest BCUT2D eigenvalue weighted by Gasteiger charge is 2.42. The third kappa shape index (κ3) is 4.22. The van der Waals surface area contributed by atoms with Gasteiger partial charge in [-0.1, -0.05) is 42.5 Å². The van der Waals surface area contributed by atoms with Crippen LogP contribution >= 0.6 is 0 Å². The second-order valence-corrected chi connectivity index (χ2v) is 8.85. The van der Waals surface area contributed by atoms with Gasteiger partial charge in [0.1, 0.15) is 11.3 Å². The summed E-state index contributed by atoms with van der Waals surface area (Å²) >= 11 is 0. The molecule has 0 aliphatic carbocycles. The van der Waals surface area contributed by atoms with Crippen LogP contribution in [0, 0.1) is 16.0 Å². The van der Waals surface area contributed by atoms with Crippen molar-refractivity contribution in [1.29, 1.82) is 0 Å². The van der Waals surface area contributed by atoms with E-state index in [-0.39, 0.29) is 47.5 Å². The number of nitrogens with zero attached hydrogens (tertiary/aromatic N) is 3. The molecule has 3 amide bonds. The number of benzene rings is 3. The van der Waals surface area contributed by atoms with Gasteiger partial charge in [-0.05, 0) is 30.7 Å². The van der Waals surface area contributed by atoms with Crippen molar-refractivity contribution in [1.82, 2.24) is 4.90 Å². The second-order valence-electron chi connectivity index (χ2n) is 8.85. The molecule has 2 aliphatic rings. The Morgan fingerprint density at radius 3 is 2.46 bits per heavy atom. The molecule has 186 valence electrons. The van der Waals surface area contributed by atoms with E-state index < -0.39 is 34.3 Å². The number of rotatable bonds is 6. The van der Waals surface area contributed by atoms with E-state index in [4.69, 9.17) is 4.74 Å². The molecule has 0 aromatic heterocycles. The Morgan fingerprint density at radius 2 is 1.73 bits per heavy atom. The average Bonchev–Trinajstić information content (AvgIpc) is 3.41. The van der Waals surface area contributed by atoms with Crippen molar-refractivity contribution >= 4 is 35.1 Å². The third-order valence-corrected chi connectivity index (χ3v) is 6.63. The van der Waals surface area contributed by atoms with Crippen molar-refractivity contribution in [2.45, 2.75) is 19.4 Å². The molecule has 10 heteroatoms. The number of hydrogen-bond acceptors (Lipinski definition) is 7. The van der Waals surface area contributed by atoms with Crippen molar-refractivity contribution in [3.63, 3.8) is 0 Å². The predicted molar refractivity (Wildman–Crippen MR) is 131 cm³/mol. The molecule has 0 spiro atoms. The summed E-state index contributed by atoms with van der Waals surface area (Å²) in [5, 5.41) is 11.4. The molecule has 37 heavy (non-hydrogen) atoms. The van der Waals surface area contributed by atoms with Gasteiger partial charge in [0.2, 0.25) is 5.91 Å². The van der Waals surface area contributed by atoms with Gasteiger partial charge in [0.15, 0.2) is 0 Å². The molecule has 5 rings (SSSR count). The van der Waals surface area contributed by atoms with Crippen LogP contribution in [0.4, 0.5) is 11.4 Å². The molecule has 10 nitrogen and oxygen atoms in total. The van der Waals surface area contributed by atoms with E-state index in [0.29, 0.717) is 0 Å². The van der Waals surface area contributed by atoms with Crippen LogP contribution in [-0.2, 0) is 9.59 Å². The Bertz CT molecular complexity index is 1450. The van der Waals surface area contributed by atoms with Crippen molar-refractivity contribution in [3.05, 3.63) is 99.6 Å². The Labute approximate surface area is 211 Å². The zero-order valence-electron chi connectivity index (χ0n) is 19.7. The first-order chi connectivity index (χ1) is 17.8. The van der Waals surface area contributed by atoms with Gasteiger partial charge < -0.3 is 9.64 Å². The van der Waals surface area contributed by atoms with Crippen molar-refractivity contribution < 1.29 is 28.8 Å². The number of anilines is 1. The lowest BCUT2D eigenvalue weighted by Gasteiger charge is -2.25. The quantitative estimate of drug-likeness (QED) is 0.165. The Hall–Kier alpha value is -4.86. The van der Waals surface area contributed by atoms with E-state index in [2.05, 4.69) is 0 Å². The lowest BCUT2D eigenvalue weighted by atomic mass is 10.1. The summed E-state index contributed by atoms with van der Waals surface area (Å²) in [5.74, 6) is -2.90. The average molecular weight is 499 g/mol. The molecule has 3 aromatic rings. The van der Waals surface area contributed by atoms with E-state index in [9.17, 15) is 29.3 Å². The number of fused-ring (bicyclic) bond motifs is 1. The van der Waals surface area contributed by atoms with Gasteiger partial charge in [-0.2, -0.15) is 0 Å². The molecule has 0 radical (unpaired) electrons. The zero-order valence-corrected chi connectivity index (χ0v) is 19.7. The first kappa shape index (κ1) is 23.9. The lowest BCUT2D eigenvalue weighted by molar-refractivity contribution is -0.385. The largest absolute Gasteiger partial charge is 0.426 e.